The zero-order valence-electron chi connectivity index (χ0n) is 13.9. The van der Waals surface area contributed by atoms with Crippen molar-refractivity contribution in [2.45, 2.75) is 5.03 Å². The summed E-state index contributed by atoms with van der Waals surface area (Å²) in [6, 6.07) is 19.4. The van der Waals surface area contributed by atoms with Crippen molar-refractivity contribution in [3.05, 3.63) is 60.2 Å². The highest BCUT2D eigenvalue weighted by atomic mass is 32.2. The second-order valence-corrected chi connectivity index (χ2v) is 5.88. The van der Waals surface area contributed by atoms with Crippen molar-refractivity contribution < 1.29 is 4.74 Å². The number of ether oxygens (including phenoxy) is 1. The Morgan fingerprint density at radius 1 is 1.04 bits per heavy atom. The van der Waals surface area contributed by atoms with E-state index in [1.807, 2.05) is 60.9 Å². The molecule has 3 rings (SSSR count). The summed E-state index contributed by atoms with van der Waals surface area (Å²) in [7, 11) is 1.61. The summed E-state index contributed by atoms with van der Waals surface area (Å²) >= 11 is 1.42. The van der Waals surface area contributed by atoms with Gasteiger partial charge < -0.3 is 10.1 Å². The van der Waals surface area contributed by atoms with Crippen LogP contribution in [0.4, 0.5) is 11.5 Å². The van der Waals surface area contributed by atoms with E-state index in [1.54, 1.807) is 7.11 Å². The third-order valence-corrected chi connectivity index (χ3v) is 4.26. The molecule has 25 heavy (non-hydrogen) atoms. The van der Waals surface area contributed by atoms with Crippen molar-refractivity contribution in [1.29, 1.82) is 5.26 Å². The highest BCUT2D eigenvalue weighted by Gasteiger charge is 2.16. The van der Waals surface area contributed by atoms with Crippen LogP contribution in [0.5, 0.6) is 5.75 Å². The van der Waals surface area contributed by atoms with E-state index in [4.69, 9.17) is 4.74 Å². The Morgan fingerprint density at radius 2 is 1.76 bits per heavy atom. The molecule has 1 aromatic heterocycles. The highest BCUT2D eigenvalue weighted by Crippen LogP contribution is 2.32. The van der Waals surface area contributed by atoms with Gasteiger partial charge in [-0.25, -0.2) is 9.97 Å². The Labute approximate surface area is 150 Å². The second kappa shape index (κ2) is 7.69. The van der Waals surface area contributed by atoms with E-state index in [2.05, 4.69) is 21.4 Å². The average molecular weight is 348 g/mol. The number of rotatable bonds is 5. The fraction of sp³-hybridized carbons (Fsp3) is 0.105. The highest BCUT2D eigenvalue weighted by molar-refractivity contribution is 7.98. The van der Waals surface area contributed by atoms with Crippen molar-refractivity contribution in [2.75, 3.05) is 18.7 Å². The molecular formula is C19H16N4OS. The number of thioether (sulfide) groups is 1. The van der Waals surface area contributed by atoms with Gasteiger partial charge >= 0.3 is 0 Å². The van der Waals surface area contributed by atoms with Gasteiger partial charge in [-0.05, 0) is 18.4 Å². The number of aromatic nitrogens is 2. The summed E-state index contributed by atoms with van der Waals surface area (Å²) in [5.74, 6) is 1.71. The molecule has 0 fully saturated rings. The summed E-state index contributed by atoms with van der Waals surface area (Å²) in [6.07, 6.45) is 1.89. The van der Waals surface area contributed by atoms with Crippen LogP contribution in [0, 0.1) is 11.3 Å². The van der Waals surface area contributed by atoms with Gasteiger partial charge in [0.2, 0.25) is 0 Å². The van der Waals surface area contributed by atoms with Gasteiger partial charge in [0.1, 0.15) is 22.4 Å². The van der Waals surface area contributed by atoms with Crippen LogP contribution in [0.2, 0.25) is 0 Å². The van der Waals surface area contributed by atoms with Crippen molar-refractivity contribution in [3.63, 3.8) is 0 Å². The summed E-state index contributed by atoms with van der Waals surface area (Å²) in [4.78, 5) is 9.11. The Bertz CT molecular complexity index is 922. The molecule has 1 heterocycles. The van der Waals surface area contributed by atoms with E-state index in [1.165, 1.54) is 11.8 Å². The SMILES string of the molecule is COc1ccccc1Nc1nc(-c2ccccc2)nc(SC)c1C#N. The largest absolute Gasteiger partial charge is 0.495 e. The van der Waals surface area contributed by atoms with Crippen LogP contribution in [0.1, 0.15) is 5.56 Å². The van der Waals surface area contributed by atoms with Gasteiger partial charge in [-0.1, -0.05) is 42.5 Å². The molecule has 0 atom stereocenters. The van der Waals surface area contributed by atoms with Crippen LogP contribution in [0.3, 0.4) is 0 Å². The Kier molecular flexibility index (Phi) is 5.17. The number of para-hydroxylation sites is 2. The molecule has 0 saturated heterocycles. The van der Waals surface area contributed by atoms with E-state index in [9.17, 15) is 5.26 Å². The minimum atomic E-state index is 0.415. The first-order chi connectivity index (χ1) is 12.3. The molecule has 5 nitrogen and oxygen atoms in total. The molecule has 2 aromatic carbocycles. The fourth-order valence-corrected chi connectivity index (χ4v) is 2.90. The minimum absolute atomic E-state index is 0.415. The topological polar surface area (TPSA) is 70.8 Å². The van der Waals surface area contributed by atoms with Crippen molar-refractivity contribution in [1.82, 2.24) is 9.97 Å². The predicted molar refractivity (Wildman–Crippen MR) is 100 cm³/mol. The molecule has 3 aromatic rings. The van der Waals surface area contributed by atoms with E-state index in [0.717, 1.165) is 11.3 Å². The normalized spacial score (nSPS) is 10.1. The van der Waals surface area contributed by atoms with E-state index in [-0.39, 0.29) is 0 Å². The number of nitrogens with one attached hydrogen (secondary N) is 1. The smallest absolute Gasteiger partial charge is 0.162 e. The molecule has 1 N–H and O–H groups in total. The number of hydrogen-bond donors (Lipinski definition) is 1. The fourth-order valence-electron chi connectivity index (χ4n) is 2.37. The lowest BCUT2D eigenvalue weighted by atomic mass is 10.2. The summed E-state index contributed by atoms with van der Waals surface area (Å²) in [5, 5.41) is 13.4. The first-order valence-electron chi connectivity index (χ1n) is 7.58. The third-order valence-electron chi connectivity index (χ3n) is 3.57. The standard InChI is InChI=1S/C19H16N4OS/c1-24-16-11-7-6-10-15(16)21-18-14(12-20)19(25-2)23-17(22-18)13-8-4-3-5-9-13/h3-11H,1-2H3,(H,21,22,23). The molecule has 0 bridgehead atoms. The molecule has 0 saturated carbocycles. The molecule has 124 valence electrons. The average Bonchev–Trinajstić information content (AvgIpc) is 2.68. The second-order valence-electron chi connectivity index (χ2n) is 5.08. The van der Waals surface area contributed by atoms with E-state index < -0.39 is 0 Å². The first kappa shape index (κ1) is 16.8. The Morgan fingerprint density at radius 3 is 2.44 bits per heavy atom. The Hall–Kier alpha value is -3.04. The lowest BCUT2D eigenvalue weighted by Crippen LogP contribution is -2.04. The van der Waals surface area contributed by atoms with Crippen LogP contribution in [-0.4, -0.2) is 23.3 Å². The van der Waals surface area contributed by atoms with Crippen molar-refractivity contribution in [2.24, 2.45) is 0 Å². The maximum atomic E-state index is 9.58. The molecule has 6 heteroatoms. The number of hydrogen-bond acceptors (Lipinski definition) is 6. The van der Waals surface area contributed by atoms with Crippen molar-refractivity contribution in [3.8, 4) is 23.2 Å². The quantitative estimate of drug-likeness (QED) is 0.541. The van der Waals surface area contributed by atoms with Gasteiger partial charge in [0.05, 0.1) is 12.8 Å². The van der Waals surface area contributed by atoms with Crippen LogP contribution >= 0.6 is 11.8 Å². The lowest BCUT2D eigenvalue weighted by molar-refractivity contribution is 0.417. The monoisotopic (exact) mass is 348 g/mol. The maximum Gasteiger partial charge on any atom is 0.162 e. The van der Waals surface area contributed by atoms with Crippen LogP contribution < -0.4 is 10.1 Å². The molecule has 0 unspecified atom stereocenters. The molecule has 0 amide bonds. The summed E-state index contributed by atoms with van der Waals surface area (Å²) in [6.45, 7) is 0. The predicted octanol–water partition coefficient (Wildman–Crippen LogP) is 4.49. The molecule has 0 spiro atoms. The molecule has 0 aliphatic carbocycles. The van der Waals surface area contributed by atoms with Crippen molar-refractivity contribution >= 4 is 23.3 Å². The number of nitriles is 1. The van der Waals surface area contributed by atoms with Crippen LogP contribution in [-0.2, 0) is 0 Å². The summed E-state index contributed by atoms with van der Waals surface area (Å²) in [5.41, 5.74) is 2.05. The molecule has 0 aliphatic rings. The molecular weight excluding hydrogens is 332 g/mol. The van der Waals surface area contributed by atoms with Crippen LogP contribution in [0.15, 0.2) is 59.6 Å². The minimum Gasteiger partial charge on any atom is -0.495 e. The molecule has 0 aliphatic heterocycles. The first-order valence-corrected chi connectivity index (χ1v) is 8.81. The maximum absolute atomic E-state index is 9.58. The lowest BCUT2D eigenvalue weighted by Gasteiger charge is -2.14. The van der Waals surface area contributed by atoms with E-state index in [0.29, 0.717) is 28.0 Å². The summed E-state index contributed by atoms with van der Waals surface area (Å²) < 4.78 is 5.37. The number of benzene rings is 2. The zero-order valence-corrected chi connectivity index (χ0v) is 14.7. The Balaban J connectivity index is 2.12. The van der Waals surface area contributed by atoms with Crippen LogP contribution in [0.25, 0.3) is 11.4 Å². The van der Waals surface area contributed by atoms with Gasteiger partial charge in [0, 0.05) is 5.56 Å². The van der Waals surface area contributed by atoms with Gasteiger partial charge in [0.25, 0.3) is 0 Å². The number of methoxy groups -OCH3 is 1. The van der Waals surface area contributed by atoms with Gasteiger partial charge in [-0.15, -0.1) is 11.8 Å². The molecule has 0 radical (unpaired) electrons. The number of nitrogens with zero attached hydrogens (tertiary/aromatic N) is 3. The van der Waals surface area contributed by atoms with Gasteiger partial charge in [-0.2, -0.15) is 5.26 Å². The number of anilines is 2. The van der Waals surface area contributed by atoms with Gasteiger partial charge in [0.15, 0.2) is 11.6 Å². The van der Waals surface area contributed by atoms with E-state index >= 15 is 0 Å². The van der Waals surface area contributed by atoms with Gasteiger partial charge in [-0.3, -0.25) is 0 Å². The zero-order chi connectivity index (χ0) is 17.6. The third kappa shape index (κ3) is 3.57.